The third kappa shape index (κ3) is 41.9. The number of rotatable bonds is 35. The van der Waals surface area contributed by atoms with Crippen LogP contribution in [0.3, 0.4) is 0 Å². The molecule has 2 atom stereocenters. The fourth-order valence-corrected chi connectivity index (χ4v) is 6.76. The third-order valence-electron chi connectivity index (χ3n) is 8.80. The first-order valence-electron chi connectivity index (χ1n) is 18.3. The Kier molecular flexibility index (Phi) is 41.4. The summed E-state index contributed by atoms with van der Waals surface area (Å²) in [6, 6.07) is 0. The minimum absolute atomic E-state index is 0. The summed E-state index contributed by atoms with van der Waals surface area (Å²) < 4.78 is 75.0. The van der Waals surface area contributed by atoms with Gasteiger partial charge in [0.25, 0.3) is 0 Å². The van der Waals surface area contributed by atoms with Crippen LogP contribution in [0.15, 0.2) is 0 Å². The van der Waals surface area contributed by atoms with E-state index in [4.69, 9.17) is 0 Å². The van der Waals surface area contributed by atoms with E-state index in [0.717, 1.165) is 103 Å². The summed E-state index contributed by atoms with van der Waals surface area (Å²) in [7, 11) is -9.28. The van der Waals surface area contributed by atoms with Crippen molar-refractivity contribution in [1.29, 1.82) is 0 Å². The second-order valence-corrected chi connectivity index (χ2v) is 15.2. The van der Waals surface area contributed by atoms with Gasteiger partial charge in [-0.1, -0.05) is 168 Å². The summed E-state index contributed by atoms with van der Waals surface area (Å²) in [6.45, 7) is 4.46. The average Bonchev–Trinajstić information content (AvgIpc) is 2.96. The predicted molar refractivity (Wildman–Crippen MR) is 179 cm³/mol. The second-order valence-electron chi connectivity index (χ2n) is 13.1. The van der Waals surface area contributed by atoms with Gasteiger partial charge in [-0.15, -0.1) is 0 Å². The fourth-order valence-electron chi connectivity index (χ4n) is 6.04. The predicted octanol–water partition coefficient (Wildman–Crippen LogP) is 4.14. The monoisotopic (exact) mass is 714 g/mol. The van der Waals surface area contributed by atoms with Gasteiger partial charge in [0.2, 0.25) is 20.8 Å². The van der Waals surface area contributed by atoms with Crippen molar-refractivity contribution in [2.45, 2.75) is 194 Å². The van der Waals surface area contributed by atoms with Crippen LogP contribution < -0.4 is 59.1 Å². The first kappa shape index (κ1) is 52.1. The Balaban J connectivity index is -0.00000924. The third-order valence-corrected chi connectivity index (χ3v) is 9.65. The van der Waals surface area contributed by atoms with E-state index in [1.54, 1.807) is 0 Å². The van der Waals surface area contributed by atoms with Crippen LogP contribution in [0.5, 0.6) is 0 Å². The minimum Gasteiger partial charge on any atom is -0.726 e. The maximum absolute atomic E-state index is 11.0. The van der Waals surface area contributed by atoms with Gasteiger partial charge in [-0.3, -0.25) is 8.37 Å². The standard InChI is InChI=1S/C34H70O8S2.2Na/c1-3-5-7-9-11-15-19-23-27-33(31-41-43(35,36)37)29-25-21-17-13-14-18-22-26-30-34(32-42-44(38,39)40)28-24-20-16-12-10-8-6-4-2;;/h33-34H,3-32H2,1-2H3,(H,35,36,37)(H,38,39,40);;/q;2*+1/p-2. The van der Waals surface area contributed by atoms with Crippen molar-refractivity contribution >= 4 is 20.8 Å². The molecule has 0 rings (SSSR count). The van der Waals surface area contributed by atoms with Gasteiger partial charge in [-0.2, -0.15) is 0 Å². The summed E-state index contributed by atoms with van der Waals surface area (Å²) in [5, 5.41) is 0. The molecule has 0 fully saturated rings. The van der Waals surface area contributed by atoms with Crippen molar-refractivity contribution in [3.63, 3.8) is 0 Å². The Hall–Kier alpha value is 1.74. The number of hydrogen-bond donors (Lipinski definition) is 0. The van der Waals surface area contributed by atoms with Gasteiger partial charge in [0.1, 0.15) is 0 Å². The Morgan fingerprint density at radius 1 is 0.391 bits per heavy atom. The topological polar surface area (TPSA) is 133 Å². The Morgan fingerprint density at radius 2 is 0.587 bits per heavy atom. The number of unbranched alkanes of at least 4 members (excludes halogenated alkanes) is 21. The van der Waals surface area contributed by atoms with E-state index >= 15 is 0 Å². The fraction of sp³-hybridized carbons (Fsp3) is 1.00. The smallest absolute Gasteiger partial charge is 0.726 e. The van der Waals surface area contributed by atoms with Crippen LogP contribution in [-0.2, 0) is 29.2 Å². The van der Waals surface area contributed by atoms with E-state index in [9.17, 15) is 25.9 Å². The first-order valence-corrected chi connectivity index (χ1v) is 20.9. The molecule has 0 saturated heterocycles. The van der Waals surface area contributed by atoms with E-state index in [2.05, 4.69) is 22.2 Å². The van der Waals surface area contributed by atoms with Gasteiger partial charge in [-0.05, 0) is 37.5 Å². The van der Waals surface area contributed by atoms with Crippen LogP contribution in [0.25, 0.3) is 0 Å². The Bertz CT molecular complexity index is 761. The summed E-state index contributed by atoms with van der Waals surface area (Å²) in [6.07, 6.45) is 32.1. The molecule has 0 aromatic heterocycles. The maximum Gasteiger partial charge on any atom is 1.00 e. The molecule has 0 heterocycles. The van der Waals surface area contributed by atoms with Crippen molar-refractivity contribution < 1.29 is 93.4 Å². The molecule has 0 aromatic carbocycles. The zero-order valence-corrected chi connectivity index (χ0v) is 36.1. The van der Waals surface area contributed by atoms with E-state index in [0.29, 0.717) is 0 Å². The molecule has 0 radical (unpaired) electrons. The Labute approximate surface area is 330 Å². The van der Waals surface area contributed by atoms with Crippen LogP contribution >= 0.6 is 0 Å². The van der Waals surface area contributed by atoms with Gasteiger partial charge in [0, 0.05) is 0 Å². The molecule has 0 aromatic rings. The van der Waals surface area contributed by atoms with Crippen LogP contribution in [0.4, 0.5) is 0 Å². The zero-order valence-electron chi connectivity index (χ0n) is 30.5. The van der Waals surface area contributed by atoms with Crippen LogP contribution in [0.2, 0.25) is 0 Å². The summed E-state index contributed by atoms with van der Waals surface area (Å²) in [5.41, 5.74) is 0. The van der Waals surface area contributed by atoms with Gasteiger partial charge in [-0.25, -0.2) is 16.8 Å². The molecule has 0 spiro atoms. The molecule has 46 heavy (non-hydrogen) atoms. The zero-order chi connectivity index (χ0) is 32.8. The van der Waals surface area contributed by atoms with Gasteiger partial charge in [0.15, 0.2) is 0 Å². The molecule has 12 heteroatoms. The van der Waals surface area contributed by atoms with E-state index < -0.39 is 20.8 Å². The molecular weight excluding hydrogens is 646 g/mol. The molecule has 0 aliphatic heterocycles. The maximum atomic E-state index is 11.0. The molecule has 0 amide bonds. The molecular formula is C34H68Na2O8S2. The normalized spacial score (nSPS) is 13.2. The summed E-state index contributed by atoms with van der Waals surface area (Å²) >= 11 is 0. The molecule has 0 saturated carbocycles. The van der Waals surface area contributed by atoms with Gasteiger partial charge >= 0.3 is 59.1 Å². The Morgan fingerprint density at radius 3 is 0.783 bits per heavy atom. The van der Waals surface area contributed by atoms with Crippen molar-refractivity contribution in [3.8, 4) is 0 Å². The van der Waals surface area contributed by atoms with Crippen molar-refractivity contribution in [3.05, 3.63) is 0 Å². The minimum atomic E-state index is -4.64. The quantitative estimate of drug-likeness (QED) is 0.0414. The molecule has 8 nitrogen and oxygen atoms in total. The summed E-state index contributed by atoms with van der Waals surface area (Å²) in [5.74, 6) is 0.247. The van der Waals surface area contributed by atoms with Crippen molar-refractivity contribution in [2.75, 3.05) is 13.2 Å². The van der Waals surface area contributed by atoms with Crippen LogP contribution in [0, 0.1) is 11.8 Å². The second kappa shape index (κ2) is 36.5. The van der Waals surface area contributed by atoms with Crippen LogP contribution in [-0.4, -0.2) is 39.2 Å². The molecule has 0 aliphatic rings. The molecule has 2 unspecified atom stereocenters. The van der Waals surface area contributed by atoms with Crippen LogP contribution in [0.1, 0.15) is 194 Å². The van der Waals surface area contributed by atoms with E-state index in [-0.39, 0.29) is 84.2 Å². The summed E-state index contributed by atoms with van der Waals surface area (Å²) in [4.78, 5) is 0. The molecule has 0 bridgehead atoms. The molecule has 266 valence electrons. The van der Waals surface area contributed by atoms with Crippen molar-refractivity contribution in [2.24, 2.45) is 11.8 Å². The van der Waals surface area contributed by atoms with E-state index in [1.165, 1.54) is 77.0 Å². The average molecular weight is 715 g/mol. The largest absolute Gasteiger partial charge is 1.00 e. The van der Waals surface area contributed by atoms with Gasteiger partial charge in [0.05, 0.1) is 13.2 Å². The molecule has 0 N–H and O–H groups in total. The molecule has 0 aliphatic carbocycles. The van der Waals surface area contributed by atoms with E-state index in [1.807, 2.05) is 0 Å². The SMILES string of the molecule is CCCCCCCCCCC(CCCCCCCCCCC(CCCCCCCCCC)COS(=O)(=O)[O-])COS(=O)(=O)[O-].[Na+].[Na+]. The first-order chi connectivity index (χ1) is 21.1. The van der Waals surface area contributed by atoms with Crippen molar-refractivity contribution in [1.82, 2.24) is 0 Å². The number of hydrogen-bond acceptors (Lipinski definition) is 8. The van der Waals surface area contributed by atoms with Gasteiger partial charge < -0.3 is 9.11 Å².